The zero-order valence-corrected chi connectivity index (χ0v) is 11.5. The predicted molar refractivity (Wildman–Crippen MR) is 75.2 cm³/mol. The molecule has 1 N–H and O–H groups in total. The fraction of sp³-hybridized carbons (Fsp3) is 0.0769. The predicted octanol–water partition coefficient (Wildman–Crippen LogP) is 5.40. The van der Waals surface area contributed by atoms with Gasteiger partial charge in [0.2, 0.25) is 0 Å². The van der Waals surface area contributed by atoms with Crippen LogP contribution in [0.15, 0.2) is 36.4 Å². The summed E-state index contributed by atoms with van der Waals surface area (Å²) in [5.74, 6) is -0.420. The van der Waals surface area contributed by atoms with Gasteiger partial charge in [-0.2, -0.15) is 0 Å². The van der Waals surface area contributed by atoms with Crippen LogP contribution in [-0.2, 0) is 6.54 Å². The molecule has 2 aromatic carbocycles. The van der Waals surface area contributed by atoms with Crippen LogP contribution in [-0.4, -0.2) is 0 Å². The fourth-order valence-electron chi connectivity index (χ4n) is 1.51. The lowest BCUT2D eigenvalue weighted by atomic mass is 10.2. The van der Waals surface area contributed by atoms with Crippen molar-refractivity contribution in [2.45, 2.75) is 6.54 Å². The molecule has 0 saturated heterocycles. The highest BCUT2D eigenvalue weighted by Crippen LogP contribution is 2.26. The van der Waals surface area contributed by atoms with Crippen molar-refractivity contribution in [1.29, 1.82) is 0 Å². The molecule has 0 aliphatic rings. The highest BCUT2D eigenvalue weighted by atomic mass is 35.5. The minimum Gasteiger partial charge on any atom is -0.380 e. The molecule has 0 aliphatic carbocycles. The third kappa shape index (κ3) is 3.08. The Morgan fingerprint density at radius 1 is 1.00 bits per heavy atom. The first-order valence-corrected chi connectivity index (χ1v) is 6.33. The van der Waals surface area contributed by atoms with Crippen LogP contribution in [0.25, 0.3) is 0 Å². The van der Waals surface area contributed by atoms with Crippen molar-refractivity contribution in [2.75, 3.05) is 5.32 Å². The van der Waals surface area contributed by atoms with E-state index in [4.69, 9.17) is 34.8 Å². The normalized spacial score (nSPS) is 10.4. The number of anilines is 1. The monoisotopic (exact) mass is 303 g/mol. The maximum Gasteiger partial charge on any atom is 0.146 e. The molecule has 0 atom stereocenters. The highest BCUT2D eigenvalue weighted by molar-refractivity contribution is 6.36. The van der Waals surface area contributed by atoms with Crippen molar-refractivity contribution in [2.24, 2.45) is 0 Å². The van der Waals surface area contributed by atoms with Crippen LogP contribution < -0.4 is 5.32 Å². The summed E-state index contributed by atoms with van der Waals surface area (Å²) in [5.41, 5.74) is 1.17. The van der Waals surface area contributed by atoms with Crippen LogP contribution in [0, 0.1) is 5.82 Å². The molecule has 5 heteroatoms. The Labute approximate surface area is 119 Å². The lowest BCUT2D eigenvalue weighted by molar-refractivity contribution is 0.613. The molecule has 1 nitrogen and oxygen atoms in total. The van der Waals surface area contributed by atoms with Crippen LogP contribution >= 0.6 is 34.8 Å². The van der Waals surface area contributed by atoms with E-state index < -0.39 is 5.82 Å². The van der Waals surface area contributed by atoms with Crippen molar-refractivity contribution in [1.82, 2.24) is 0 Å². The molecule has 18 heavy (non-hydrogen) atoms. The summed E-state index contributed by atoms with van der Waals surface area (Å²) < 4.78 is 13.6. The highest BCUT2D eigenvalue weighted by Gasteiger charge is 2.07. The summed E-state index contributed by atoms with van der Waals surface area (Å²) in [6, 6.07) is 9.95. The maximum absolute atomic E-state index is 13.6. The largest absolute Gasteiger partial charge is 0.380 e. The van der Waals surface area contributed by atoms with Gasteiger partial charge in [0.05, 0.1) is 15.7 Å². The van der Waals surface area contributed by atoms with Crippen LogP contribution in [0.4, 0.5) is 10.1 Å². The minimum absolute atomic E-state index is 0.108. The number of benzene rings is 2. The first-order valence-electron chi connectivity index (χ1n) is 5.20. The Bertz CT molecular complexity index is 572. The van der Waals surface area contributed by atoms with Gasteiger partial charge in [-0.1, -0.05) is 46.9 Å². The van der Waals surface area contributed by atoms with Gasteiger partial charge in [0.1, 0.15) is 5.82 Å². The second-order valence-electron chi connectivity index (χ2n) is 3.69. The van der Waals surface area contributed by atoms with E-state index in [0.717, 1.165) is 0 Å². The van der Waals surface area contributed by atoms with Gasteiger partial charge in [-0.05, 0) is 24.3 Å². The number of hydrogen-bond acceptors (Lipinski definition) is 1. The van der Waals surface area contributed by atoms with Gasteiger partial charge >= 0.3 is 0 Å². The van der Waals surface area contributed by atoms with E-state index in [0.29, 0.717) is 27.8 Å². The lowest BCUT2D eigenvalue weighted by Crippen LogP contribution is -2.02. The first kappa shape index (κ1) is 13.5. The standard InChI is InChI=1S/C13H9Cl3FN/c14-9-4-5-12(11(16)6-9)18-7-8-2-1-3-10(15)13(8)17/h1-6,18H,7H2. The van der Waals surface area contributed by atoms with Crippen molar-refractivity contribution in [3.05, 3.63) is 62.8 Å². The molecule has 0 fully saturated rings. The Morgan fingerprint density at radius 2 is 1.78 bits per heavy atom. The van der Waals surface area contributed by atoms with E-state index in [1.165, 1.54) is 6.07 Å². The molecule has 2 aromatic rings. The smallest absolute Gasteiger partial charge is 0.146 e. The molecule has 0 aliphatic heterocycles. The second kappa shape index (κ2) is 5.79. The van der Waals surface area contributed by atoms with Gasteiger partial charge < -0.3 is 5.32 Å². The molecule has 0 saturated carbocycles. The van der Waals surface area contributed by atoms with Crippen molar-refractivity contribution in [3.8, 4) is 0 Å². The average molecular weight is 305 g/mol. The maximum atomic E-state index is 13.6. The summed E-state index contributed by atoms with van der Waals surface area (Å²) >= 11 is 17.5. The van der Waals surface area contributed by atoms with Crippen molar-refractivity contribution >= 4 is 40.5 Å². The third-order valence-corrected chi connectivity index (χ3v) is 3.27. The Kier molecular flexibility index (Phi) is 4.33. The summed E-state index contributed by atoms with van der Waals surface area (Å²) in [4.78, 5) is 0. The van der Waals surface area contributed by atoms with Gasteiger partial charge in [0, 0.05) is 17.1 Å². The van der Waals surface area contributed by atoms with Crippen LogP contribution in [0.3, 0.4) is 0 Å². The quantitative estimate of drug-likeness (QED) is 0.800. The molecule has 0 amide bonds. The fourth-order valence-corrected chi connectivity index (χ4v) is 2.18. The molecule has 0 aromatic heterocycles. The third-order valence-electron chi connectivity index (χ3n) is 2.43. The SMILES string of the molecule is Fc1c(Cl)cccc1CNc1ccc(Cl)cc1Cl. The second-order valence-corrected chi connectivity index (χ2v) is 4.94. The molecular formula is C13H9Cl3FN. The molecular weight excluding hydrogens is 296 g/mol. The summed E-state index contributed by atoms with van der Waals surface area (Å²) in [5, 5.41) is 4.19. The molecule has 0 radical (unpaired) electrons. The zero-order valence-electron chi connectivity index (χ0n) is 9.18. The molecule has 94 valence electrons. The van der Waals surface area contributed by atoms with E-state index in [-0.39, 0.29) is 5.02 Å². The average Bonchev–Trinajstić information content (AvgIpc) is 2.33. The zero-order chi connectivity index (χ0) is 13.1. The number of rotatable bonds is 3. The van der Waals surface area contributed by atoms with Gasteiger partial charge in [0.15, 0.2) is 0 Å². The molecule has 0 unspecified atom stereocenters. The van der Waals surface area contributed by atoms with Crippen LogP contribution in [0.1, 0.15) is 5.56 Å². The van der Waals surface area contributed by atoms with E-state index in [9.17, 15) is 4.39 Å². The number of hydrogen-bond donors (Lipinski definition) is 1. The Morgan fingerprint density at radius 3 is 2.50 bits per heavy atom. The minimum atomic E-state index is -0.420. The van der Waals surface area contributed by atoms with E-state index in [2.05, 4.69) is 5.32 Å². The van der Waals surface area contributed by atoms with E-state index >= 15 is 0 Å². The van der Waals surface area contributed by atoms with Crippen LogP contribution in [0.5, 0.6) is 0 Å². The summed E-state index contributed by atoms with van der Waals surface area (Å²) in [6.07, 6.45) is 0. The Balaban J connectivity index is 2.14. The summed E-state index contributed by atoms with van der Waals surface area (Å²) in [6.45, 7) is 0.299. The van der Waals surface area contributed by atoms with Gasteiger partial charge in [-0.25, -0.2) is 4.39 Å². The lowest BCUT2D eigenvalue weighted by Gasteiger charge is -2.10. The van der Waals surface area contributed by atoms with Crippen molar-refractivity contribution < 1.29 is 4.39 Å². The molecule has 2 rings (SSSR count). The molecule has 0 bridgehead atoms. The van der Waals surface area contributed by atoms with E-state index in [1.807, 2.05) is 0 Å². The Hall–Kier alpha value is -0.960. The van der Waals surface area contributed by atoms with Gasteiger partial charge in [-0.3, -0.25) is 0 Å². The van der Waals surface area contributed by atoms with Crippen LogP contribution in [0.2, 0.25) is 15.1 Å². The molecule has 0 spiro atoms. The number of nitrogens with one attached hydrogen (secondary N) is 1. The van der Waals surface area contributed by atoms with Gasteiger partial charge in [-0.15, -0.1) is 0 Å². The molecule has 0 heterocycles. The first-order chi connectivity index (χ1) is 8.58. The van der Waals surface area contributed by atoms with Gasteiger partial charge in [0.25, 0.3) is 0 Å². The summed E-state index contributed by atoms with van der Waals surface area (Å²) in [7, 11) is 0. The topological polar surface area (TPSA) is 12.0 Å². The number of halogens is 4. The van der Waals surface area contributed by atoms with Crippen molar-refractivity contribution in [3.63, 3.8) is 0 Å². The van der Waals surface area contributed by atoms with E-state index in [1.54, 1.807) is 30.3 Å².